The van der Waals surface area contributed by atoms with E-state index in [1.807, 2.05) is 0 Å². The summed E-state index contributed by atoms with van der Waals surface area (Å²) >= 11 is 0. The molecule has 2 aliphatic rings. The van der Waals surface area contributed by atoms with Crippen molar-refractivity contribution in [3.8, 4) is 0 Å². The van der Waals surface area contributed by atoms with E-state index in [4.69, 9.17) is 4.74 Å². The number of nitrogens with zero attached hydrogens (tertiary/aromatic N) is 3. The number of aromatic nitrogens is 1. The van der Waals surface area contributed by atoms with E-state index in [1.165, 1.54) is 0 Å². The topological polar surface area (TPSA) is 62.7 Å². The van der Waals surface area contributed by atoms with Gasteiger partial charge < -0.3 is 14.5 Å². The zero-order chi connectivity index (χ0) is 16.9. The number of likely N-dealkylation sites (tertiary alicyclic amines) is 1. The van der Waals surface area contributed by atoms with E-state index in [1.54, 1.807) is 23.2 Å². The van der Waals surface area contributed by atoms with Crippen molar-refractivity contribution in [1.82, 2.24) is 9.88 Å². The molecule has 1 aromatic rings. The van der Waals surface area contributed by atoms with E-state index in [-0.39, 0.29) is 12.5 Å². The van der Waals surface area contributed by atoms with Crippen molar-refractivity contribution in [2.45, 2.75) is 32.6 Å². The Bertz CT molecular complexity index is 599. The van der Waals surface area contributed by atoms with Crippen LogP contribution in [0.5, 0.6) is 0 Å². The highest BCUT2D eigenvalue weighted by molar-refractivity contribution is 5.96. The average Bonchev–Trinajstić information content (AvgIpc) is 3.14. The standard InChI is InChI=1S/C18H25N3O3/c1-14-6-5-11-21(12-14)16(22)13-24-18(23)15-7-4-8-19-17(15)20-9-2-3-10-20/h4,7-8,14H,2-3,5-6,9-13H2,1H3. The maximum Gasteiger partial charge on any atom is 0.342 e. The Kier molecular flexibility index (Phi) is 5.33. The molecule has 2 saturated heterocycles. The Hall–Kier alpha value is -2.11. The van der Waals surface area contributed by atoms with Gasteiger partial charge >= 0.3 is 5.97 Å². The van der Waals surface area contributed by atoms with Crippen molar-refractivity contribution in [3.05, 3.63) is 23.9 Å². The average molecular weight is 331 g/mol. The van der Waals surface area contributed by atoms with Gasteiger partial charge in [-0.15, -0.1) is 0 Å². The predicted molar refractivity (Wildman–Crippen MR) is 90.9 cm³/mol. The quantitative estimate of drug-likeness (QED) is 0.791. The second-order valence-corrected chi connectivity index (χ2v) is 6.73. The number of pyridine rings is 1. The van der Waals surface area contributed by atoms with E-state index < -0.39 is 5.97 Å². The third kappa shape index (κ3) is 3.86. The second-order valence-electron chi connectivity index (χ2n) is 6.73. The van der Waals surface area contributed by atoms with Crippen molar-refractivity contribution >= 4 is 17.7 Å². The molecule has 1 unspecified atom stereocenters. The van der Waals surface area contributed by atoms with Gasteiger partial charge in [0.05, 0.1) is 0 Å². The molecular formula is C18H25N3O3. The summed E-state index contributed by atoms with van der Waals surface area (Å²) in [5.41, 5.74) is 0.444. The van der Waals surface area contributed by atoms with Crippen LogP contribution in [0.2, 0.25) is 0 Å². The first-order chi connectivity index (χ1) is 11.6. The Morgan fingerprint density at radius 1 is 1.25 bits per heavy atom. The lowest BCUT2D eigenvalue weighted by atomic mass is 10.0. The van der Waals surface area contributed by atoms with E-state index in [0.29, 0.717) is 17.3 Å². The lowest BCUT2D eigenvalue weighted by Gasteiger charge is -2.30. The van der Waals surface area contributed by atoms with Crippen molar-refractivity contribution in [1.29, 1.82) is 0 Å². The Morgan fingerprint density at radius 3 is 2.79 bits per heavy atom. The van der Waals surface area contributed by atoms with Gasteiger partial charge in [0, 0.05) is 32.4 Å². The first kappa shape index (κ1) is 16.7. The highest BCUT2D eigenvalue weighted by atomic mass is 16.5. The number of hydrogen-bond donors (Lipinski definition) is 0. The molecule has 3 rings (SSSR count). The molecule has 6 nitrogen and oxygen atoms in total. The van der Waals surface area contributed by atoms with Crippen LogP contribution in [0.1, 0.15) is 43.0 Å². The monoisotopic (exact) mass is 331 g/mol. The summed E-state index contributed by atoms with van der Waals surface area (Å²) in [5, 5.41) is 0. The summed E-state index contributed by atoms with van der Waals surface area (Å²) in [6.45, 7) is 5.27. The molecule has 24 heavy (non-hydrogen) atoms. The second kappa shape index (κ2) is 7.64. The molecule has 1 atom stereocenters. The molecule has 0 aromatic carbocycles. The molecule has 0 bridgehead atoms. The highest BCUT2D eigenvalue weighted by Gasteiger charge is 2.24. The smallest absolute Gasteiger partial charge is 0.342 e. The van der Waals surface area contributed by atoms with Gasteiger partial charge in [-0.25, -0.2) is 9.78 Å². The van der Waals surface area contributed by atoms with Crippen LogP contribution in [0.15, 0.2) is 18.3 Å². The summed E-state index contributed by atoms with van der Waals surface area (Å²) < 4.78 is 5.28. The van der Waals surface area contributed by atoms with Gasteiger partial charge in [0.25, 0.3) is 5.91 Å². The van der Waals surface area contributed by atoms with E-state index >= 15 is 0 Å². The number of anilines is 1. The third-order valence-corrected chi connectivity index (χ3v) is 4.75. The van der Waals surface area contributed by atoms with Gasteiger partial charge in [0.15, 0.2) is 6.61 Å². The first-order valence-corrected chi connectivity index (χ1v) is 8.80. The number of piperidine rings is 1. The molecule has 0 N–H and O–H groups in total. The molecule has 1 aromatic heterocycles. The van der Waals surface area contributed by atoms with Gasteiger partial charge in [0.2, 0.25) is 0 Å². The van der Waals surface area contributed by atoms with Crippen LogP contribution in [-0.2, 0) is 9.53 Å². The molecule has 2 aliphatic heterocycles. The van der Waals surface area contributed by atoms with Crippen LogP contribution < -0.4 is 4.90 Å². The molecule has 1 amide bonds. The SMILES string of the molecule is CC1CCCN(C(=O)COC(=O)c2cccnc2N2CCCC2)C1. The minimum absolute atomic E-state index is 0.110. The number of esters is 1. The van der Waals surface area contributed by atoms with Crippen molar-refractivity contribution in [2.24, 2.45) is 5.92 Å². The van der Waals surface area contributed by atoms with Crippen molar-refractivity contribution in [3.63, 3.8) is 0 Å². The van der Waals surface area contributed by atoms with Crippen molar-refractivity contribution < 1.29 is 14.3 Å². The van der Waals surface area contributed by atoms with Gasteiger partial charge in [-0.3, -0.25) is 4.79 Å². The van der Waals surface area contributed by atoms with Crippen LogP contribution in [0.4, 0.5) is 5.82 Å². The molecule has 130 valence electrons. The Labute approximate surface area is 142 Å². The molecule has 6 heteroatoms. The Morgan fingerprint density at radius 2 is 2.04 bits per heavy atom. The number of carbonyl (C=O) groups excluding carboxylic acids is 2. The van der Waals surface area contributed by atoms with Crippen molar-refractivity contribution in [2.75, 3.05) is 37.7 Å². The normalized spacial score (nSPS) is 21.0. The number of carbonyl (C=O) groups is 2. The number of hydrogen-bond acceptors (Lipinski definition) is 5. The molecule has 0 spiro atoms. The molecule has 0 aliphatic carbocycles. The molecule has 0 radical (unpaired) electrons. The molecule has 2 fully saturated rings. The van der Waals surface area contributed by atoms with Crippen LogP contribution in [0.25, 0.3) is 0 Å². The Balaban J connectivity index is 1.60. The largest absolute Gasteiger partial charge is 0.452 e. The fourth-order valence-electron chi connectivity index (χ4n) is 3.45. The first-order valence-electron chi connectivity index (χ1n) is 8.80. The lowest BCUT2D eigenvalue weighted by molar-refractivity contribution is -0.136. The van der Waals surface area contributed by atoms with Gasteiger partial charge in [-0.2, -0.15) is 0 Å². The fourth-order valence-corrected chi connectivity index (χ4v) is 3.45. The van der Waals surface area contributed by atoms with Crippen LogP contribution in [-0.4, -0.2) is 54.5 Å². The summed E-state index contributed by atoms with van der Waals surface area (Å²) in [7, 11) is 0. The number of amides is 1. The summed E-state index contributed by atoms with van der Waals surface area (Å²) in [5.74, 6) is 0.599. The highest BCUT2D eigenvalue weighted by Crippen LogP contribution is 2.22. The van der Waals surface area contributed by atoms with Crippen LogP contribution in [0.3, 0.4) is 0 Å². The number of ether oxygens (including phenoxy) is 1. The fraction of sp³-hybridized carbons (Fsp3) is 0.611. The summed E-state index contributed by atoms with van der Waals surface area (Å²) in [6, 6.07) is 3.45. The summed E-state index contributed by atoms with van der Waals surface area (Å²) in [6.07, 6.45) is 6.07. The van der Waals surface area contributed by atoms with E-state index in [9.17, 15) is 9.59 Å². The van der Waals surface area contributed by atoms with E-state index in [0.717, 1.165) is 51.9 Å². The minimum atomic E-state index is -0.469. The van der Waals surface area contributed by atoms with Crippen LogP contribution in [0, 0.1) is 5.92 Å². The summed E-state index contributed by atoms with van der Waals surface area (Å²) in [4.78, 5) is 32.9. The number of rotatable bonds is 4. The minimum Gasteiger partial charge on any atom is -0.452 e. The zero-order valence-corrected chi connectivity index (χ0v) is 14.2. The van der Waals surface area contributed by atoms with Gasteiger partial charge in [-0.05, 0) is 43.7 Å². The molecule has 0 saturated carbocycles. The van der Waals surface area contributed by atoms with Gasteiger partial charge in [0.1, 0.15) is 11.4 Å². The van der Waals surface area contributed by atoms with E-state index in [2.05, 4.69) is 16.8 Å². The van der Waals surface area contributed by atoms with Crippen LogP contribution >= 0.6 is 0 Å². The predicted octanol–water partition coefficient (Wildman–Crippen LogP) is 2.10. The maximum atomic E-state index is 12.4. The van der Waals surface area contributed by atoms with Gasteiger partial charge in [-0.1, -0.05) is 6.92 Å². The maximum absolute atomic E-state index is 12.4. The molecular weight excluding hydrogens is 306 g/mol. The lowest BCUT2D eigenvalue weighted by Crippen LogP contribution is -2.41. The third-order valence-electron chi connectivity index (χ3n) is 4.75. The molecule has 3 heterocycles. The zero-order valence-electron chi connectivity index (χ0n) is 14.2.